The van der Waals surface area contributed by atoms with Crippen LogP contribution in [-0.4, -0.2) is 29.7 Å². The molecule has 1 unspecified atom stereocenters. The third-order valence-electron chi connectivity index (χ3n) is 5.34. The van der Waals surface area contributed by atoms with E-state index in [1.807, 2.05) is 12.3 Å². The second-order valence-corrected chi connectivity index (χ2v) is 9.79. The van der Waals surface area contributed by atoms with E-state index in [1.165, 1.54) is 22.7 Å². The van der Waals surface area contributed by atoms with E-state index in [2.05, 4.69) is 34.8 Å². The van der Waals surface area contributed by atoms with E-state index in [9.17, 15) is 14.9 Å². The molecule has 0 radical (unpaired) electrons. The highest BCUT2D eigenvalue weighted by molar-refractivity contribution is 7.16. The lowest BCUT2D eigenvalue weighted by molar-refractivity contribution is -0.116. The van der Waals surface area contributed by atoms with Crippen molar-refractivity contribution < 1.29 is 19.1 Å². The van der Waals surface area contributed by atoms with Crippen LogP contribution in [0, 0.1) is 11.3 Å². The minimum absolute atomic E-state index is 0.200. The smallest absolute Gasteiger partial charge is 0.407 e. The van der Waals surface area contributed by atoms with Crippen molar-refractivity contribution in [1.29, 1.82) is 5.26 Å². The van der Waals surface area contributed by atoms with Crippen molar-refractivity contribution in [2.75, 3.05) is 11.9 Å². The van der Waals surface area contributed by atoms with Gasteiger partial charge < -0.3 is 20.1 Å². The molecule has 1 aliphatic carbocycles. The van der Waals surface area contributed by atoms with Crippen LogP contribution in [0.2, 0.25) is 0 Å². The molecule has 0 spiro atoms. The van der Waals surface area contributed by atoms with Gasteiger partial charge in [0.15, 0.2) is 0 Å². The molecule has 1 aliphatic rings. The van der Waals surface area contributed by atoms with E-state index in [1.54, 1.807) is 18.3 Å². The van der Waals surface area contributed by atoms with E-state index in [4.69, 9.17) is 9.47 Å². The van der Waals surface area contributed by atoms with Gasteiger partial charge in [-0.15, -0.1) is 22.7 Å². The lowest BCUT2D eigenvalue weighted by atomic mass is 9.94. The van der Waals surface area contributed by atoms with Gasteiger partial charge >= 0.3 is 6.09 Å². The van der Waals surface area contributed by atoms with Crippen LogP contribution in [0.3, 0.4) is 0 Å². The van der Waals surface area contributed by atoms with Gasteiger partial charge in [0.25, 0.3) is 0 Å². The first-order valence-corrected chi connectivity index (χ1v) is 13.0. The average molecular weight is 513 g/mol. The van der Waals surface area contributed by atoms with Gasteiger partial charge in [0.05, 0.1) is 18.7 Å². The number of nitrogens with one attached hydrogen (secondary N) is 2. The van der Waals surface area contributed by atoms with Crippen molar-refractivity contribution in [2.24, 2.45) is 0 Å². The standard InChI is InChI=1S/C25H28N4O4S2/c1-4-6-17(16(3)32-5-2)7-10-22(30)29-24-20(14-26)19-9-8-18(13-21(19)35-24)33-25(31)28-15-23-27-11-12-34-23/h4,6,11-12,18H,1,3,5,7-10,13,15H2,2H3,(H,28,31)(H,29,30)/b17-6-. The van der Waals surface area contributed by atoms with Crippen LogP contribution < -0.4 is 10.6 Å². The second-order valence-electron chi connectivity index (χ2n) is 7.70. The Hall–Kier alpha value is -3.42. The number of thiophene rings is 1. The van der Waals surface area contributed by atoms with E-state index in [0.29, 0.717) is 55.2 Å². The molecular weight excluding hydrogens is 484 g/mol. The molecule has 184 valence electrons. The zero-order chi connectivity index (χ0) is 25.2. The highest BCUT2D eigenvalue weighted by atomic mass is 32.1. The Morgan fingerprint density at radius 2 is 2.23 bits per heavy atom. The predicted molar refractivity (Wildman–Crippen MR) is 137 cm³/mol. The molecule has 2 aromatic heterocycles. The van der Waals surface area contributed by atoms with Crippen molar-refractivity contribution in [2.45, 2.75) is 51.7 Å². The van der Waals surface area contributed by atoms with Crippen molar-refractivity contribution in [1.82, 2.24) is 10.3 Å². The molecule has 2 heterocycles. The van der Waals surface area contributed by atoms with Crippen LogP contribution in [0.25, 0.3) is 0 Å². The van der Waals surface area contributed by atoms with Gasteiger partial charge in [0.1, 0.15) is 27.9 Å². The lowest BCUT2D eigenvalue weighted by Gasteiger charge is -2.22. The van der Waals surface area contributed by atoms with Crippen LogP contribution in [0.1, 0.15) is 47.2 Å². The molecule has 2 aromatic rings. The van der Waals surface area contributed by atoms with Gasteiger partial charge in [-0.2, -0.15) is 5.26 Å². The fourth-order valence-corrected chi connectivity index (χ4v) is 5.54. The third-order valence-corrected chi connectivity index (χ3v) is 7.29. The molecule has 1 atom stereocenters. The Kier molecular flexibility index (Phi) is 9.64. The number of hydrogen-bond acceptors (Lipinski definition) is 8. The van der Waals surface area contributed by atoms with Crippen molar-refractivity contribution >= 4 is 39.7 Å². The summed E-state index contributed by atoms with van der Waals surface area (Å²) in [6.07, 6.45) is 6.71. The number of thiazole rings is 1. The van der Waals surface area contributed by atoms with Gasteiger partial charge in [-0.1, -0.05) is 25.3 Å². The van der Waals surface area contributed by atoms with E-state index in [0.717, 1.165) is 21.0 Å². The average Bonchev–Trinajstić information content (AvgIpc) is 3.47. The van der Waals surface area contributed by atoms with Crippen molar-refractivity contribution in [3.63, 3.8) is 0 Å². The Balaban J connectivity index is 1.57. The van der Waals surface area contributed by atoms with Crippen LogP contribution in [0.15, 0.2) is 48.2 Å². The van der Waals surface area contributed by atoms with E-state index < -0.39 is 6.09 Å². The number of nitrogens with zero attached hydrogens (tertiary/aromatic N) is 2. The maximum Gasteiger partial charge on any atom is 0.407 e. The van der Waals surface area contributed by atoms with Crippen LogP contribution >= 0.6 is 22.7 Å². The quantitative estimate of drug-likeness (QED) is 0.314. The third kappa shape index (κ3) is 7.28. The van der Waals surface area contributed by atoms with Crippen LogP contribution in [0.5, 0.6) is 0 Å². The molecule has 0 bridgehead atoms. The van der Waals surface area contributed by atoms with Gasteiger partial charge in [-0.05, 0) is 37.3 Å². The molecule has 0 fully saturated rings. The number of fused-ring (bicyclic) bond motifs is 1. The van der Waals surface area contributed by atoms with Gasteiger partial charge in [0, 0.05) is 29.3 Å². The Morgan fingerprint density at radius 1 is 1.40 bits per heavy atom. The molecule has 2 amide bonds. The summed E-state index contributed by atoms with van der Waals surface area (Å²) in [5.41, 5.74) is 2.22. The van der Waals surface area contributed by atoms with Crippen LogP contribution in [-0.2, 0) is 33.7 Å². The monoisotopic (exact) mass is 512 g/mol. The summed E-state index contributed by atoms with van der Waals surface area (Å²) < 4.78 is 11.0. The number of nitriles is 1. The fraction of sp³-hybridized carbons (Fsp3) is 0.360. The zero-order valence-electron chi connectivity index (χ0n) is 19.6. The highest BCUT2D eigenvalue weighted by Gasteiger charge is 2.28. The SMILES string of the molecule is C=C/C=C(/CCC(=O)Nc1sc2c(c1C#N)CCC(OC(=O)NCc1nccs1)C2)C(=C)OCC. The number of aromatic nitrogens is 1. The van der Waals surface area contributed by atoms with Gasteiger partial charge in [0.2, 0.25) is 5.91 Å². The number of alkyl carbamates (subject to hydrolysis) is 1. The predicted octanol–water partition coefficient (Wildman–Crippen LogP) is 5.24. The number of hydrogen-bond donors (Lipinski definition) is 2. The molecule has 0 aromatic carbocycles. The topological polar surface area (TPSA) is 113 Å². The van der Waals surface area contributed by atoms with Crippen molar-refractivity contribution in [3.8, 4) is 6.07 Å². The number of carbonyl (C=O) groups is 2. The summed E-state index contributed by atoms with van der Waals surface area (Å²) in [5, 5.41) is 18.5. The molecule has 35 heavy (non-hydrogen) atoms. The highest BCUT2D eigenvalue weighted by Crippen LogP contribution is 2.38. The Bertz CT molecular complexity index is 1150. The summed E-state index contributed by atoms with van der Waals surface area (Å²) >= 11 is 2.83. The van der Waals surface area contributed by atoms with E-state index in [-0.39, 0.29) is 18.4 Å². The summed E-state index contributed by atoms with van der Waals surface area (Å²) in [6, 6.07) is 2.23. The second kappa shape index (κ2) is 12.9. The fourth-order valence-electron chi connectivity index (χ4n) is 3.71. The summed E-state index contributed by atoms with van der Waals surface area (Å²) in [5.74, 6) is 0.319. The van der Waals surface area contributed by atoms with E-state index >= 15 is 0 Å². The largest absolute Gasteiger partial charge is 0.494 e. The lowest BCUT2D eigenvalue weighted by Crippen LogP contribution is -2.31. The minimum Gasteiger partial charge on any atom is -0.494 e. The first-order valence-electron chi connectivity index (χ1n) is 11.3. The molecule has 0 aliphatic heterocycles. The Morgan fingerprint density at radius 3 is 2.91 bits per heavy atom. The summed E-state index contributed by atoms with van der Waals surface area (Å²) in [4.78, 5) is 29.9. The molecule has 0 saturated carbocycles. The summed E-state index contributed by atoms with van der Waals surface area (Å²) in [6.45, 7) is 10.3. The maximum atomic E-state index is 12.6. The minimum atomic E-state index is -0.490. The molecular formula is C25H28N4O4S2. The van der Waals surface area contributed by atoms with Crippen molar-refractivity contribution in [3.05, 3.63) is 69.2 Å². The number of anilines is 1. The molecule has 8 nitrogen and oxygen atoms in total. The molecule has 0 saturated heterocycles. The number of carbonyl (C=O) groups excluding carboxylic acids is 2. The number of rotatable bonds is 11. The summed E-state index contributed by atoms with van der Waals surface area (Å²) in [7, 11) is 0. The number of allylic oxidation sites excluding steroid dienone is 3. The number of amides is 2. The maximum absolute atomic E-state index is 12.6. The first kappa shape index (κ1) is 26.2. The van der Waals surface area contributed by atoms with Gasteiger partial charge in [-0.25, -0.2) is 9.78 Å². The van der Waals surface area contributed by atoms with Gasteiger partial charge in [-0.3, -0.25) is 4.79 Å². The number of ether oxygens (including phenoxy) is 2. The Labute approximate surface area is 213 Å². The normalized spacial score (nSPS) is 14.9. The molecule has 10 heteroatoms. The first-order chi connectivity index (χ1) is 16.9. The van der Waals surface area contributed by atoms with Crippen LogP contribution in [0.4, 0.5) is 9.80 Å². The zero-order valence-corrected chi connectivity index (χ0v) is 21.2. The molecule has 2 N–H and O–H groups in total. The molecule has 3 rings (SSSR count).